The van der Waals surface area contributed by atoms with Gasteiger partial charge in [0.2, 0.25) is 5.91 Å². The fourth-order valence-electron chi connectivity index (χ4n) is 4.08. The molecule has 3 aromatic rings. The smallest absolute Gasteiger partial charge is 0.262 e. The number of nitrogens with one attached hydrogen (secondary N) is 1. The first-order chi connectivity index (χ1) is 14.0. The molecule has 6 heteroatoms. The van der Waals surface area contributed by atoms with Gasteiger partial charge < -0.3 is 5.32 Å². The second-order valence-corrected chi connectivity index (χ2v) is 9.24. The number of amides is 1. The van der Waals surface area contributed by atoms with Crippen LogP contribution in [0.3, 0.4) is 0 Å². The number of aromatic nitrogens is 2. The van der Waals surface area contributed by atoms with Crippen LogP contribution in [0, 0.1) is 5.92 Å². The van der Waals surface area contributed by atoms with E-state index in [-0.39, 0.29) is 18.0 Å². The van der Waals surface area contributed by atoms with Crippen molar-refractivity contribution in [1.82, 2.24) is 9.55 Å². The lowest BCUT2D eigenvalue weighted by molar-refractivity contribution is -0.116. The predicted octanol–water partition coefficient (Wildman–Crippen LogP) is 4.74. The van der Waals surface area contributed by atoms with Crippen molar-refractivity contribution in [1.29, 1.82) is 0 Å². The molecule has 2 atom stereocenters. The van der Waals surface area contributed by atoms with Crippen molar-refractivity contribution in [3.05, 3.63) is 57.0 Å². The molecule has 0 aliphatic heterocycles. The zero-order chi connectivity index (χ0) is 20.5. The van der Waals surface area contributed by atoms with Gasteiger partial charge in [-0.05, 0) is 54.7 Å². The number of carbonyl (C=O) groups excluding carboxylic acids is 1. The van der Waals surface area contributed by atoms with Gasteiger partial charge in [0, 0.05) is 10.6 Å². The summed E-state index contributed by atoms with van der Waals surface area (Å²) in [6.07, 6.45) is 5.54. The highest BCUT2D eigenvalue weighted by atomic mass is 32.1. The second-order valence-electron chi connectivity index (χ2n) is 8.15. The van der Waals surface area contributed by atoms with Crippen molar-refractivity contribution in [2.75, 3.05) is 5.32 Å². The molecule has 1 aliphatic rings. The molecule has 1 aliphatic carbocycles. The Kier molecular flexibility index (Phi) is 5.54. The molecule has 5 nitrogen and oxygen atoms in total. The minimum absolute atomic E-state index is 0.0301. The minimum atomic E-state index is -0.207. The van der Waals surface area contributed by atoms with E-state index >= 15 is 0 Å². The first-order valence-corrected chi connectivity index (χ1v) is 11.2. The SMILES string of the molecule is CC[C@H](C)c1ccccc1NC(=O)Cn1cnc2sc3c(c2c1=O)CC[C@H](C)C3. The molecule has 152 valence electrons. The van der Waals surface area contributed by atoms with E-state index in [1.54, 1.807) is 11.3 Å². The molecular weight excluding hydrogens is 382 g/mol. The van der Waals surface area contributed by atoms with Gasteiger partial charge in [-0.2, -0.15) is 0 Å². The molecule has 0 saturated heterocycles. The van der Waals surface area contributed by atoms with Gasteiger partial charge in [0.05, 0.1) is 11.7 Å². The molecule has 2 aromatic heterocycles. The third-order valence-electron chi connectivity index (χ3n) is 5.97. The molecule has 29 heavy (non-hydrogen) atoms. The van der Waals surface area contributed by atoms with Crippen molar-refractivity contribution in [3.63, 3.8) is 0 Å². The van der Waals surface area contributed by atoms with Crippen LogP contribution < -0.4 is 10.9 Å². The van der Waals surface area contributed by atoms with Crippen molar-refractivity contribution < 1.29 is 4.79 Å². The third kappa shape index (κ3) is 3.86. The highest BCUT2D eigenvalue weighted by Gasteiger charge is 2.23. The van der Waals surface area contributed by atoms with E-state index in [0.717, 1.165) is 47.3 Å². The zero-order valence-electron chi connectivity index (χ0n) is 17.2. The van der Waals surface area contributed by atoms with E-state index in [0.29, 0.717) is 17.2 Å². The van der Waals surface area contributed by atoms with Crippen molar-refractivity contribution in [2.45, 2.75) is 58.9 Å². The molecule has 1 N–H and O–H groups in total. The van der Waals surface area contributed by atoms with Gasteiger partial charge in [0.25, 0.3) is 5.56 Å². The summed E-state index contributed by atoms with van der Waals surface area (Å²) in [6, 6.07) is 7.86. The number of nitrogens with zero attached hydrogens (tertiary/aromatic N) is 2. The lowest BCUT2D eigenvalue weighted by atomic mass is 9.89. The quantitative estimate of drug-likeness (QED) is 0.662. The Morgan fingerprint density at radius 1 is 1.38 bits per heavy atom. The summed E-state index contributed by atoms with van der Waals surface area (Å²) in [6.45, 7) is 6.50. The topological polar surface area (TPSA) is 64.0 Å². The maximum Gasteiger partial charge on any atom is 0.262 e. The molecule has 0 saturated carbocycles. The number of carbonyl (C=O) groups is 1. The highest BCUT2D eigenvalue weighted by Crippen LogP contribution is 2.35. The monoisotopic (exact) mass is 409 g/mol. The molecule has 0 spiro atoms. The van der Waals surface area contributed by atoms with E-state index in [4.69, 9.17) is 0 Å². The van der Waals surface area contributed by atoms with Crippen molar-refractivity contribution in [3.8, 4) is 0 Å². The summed E-state index contributed by atoms with van der Waals surface area (Å²) in [5.41, 5.74) is 2.98. The van der Waals surface area contributed by atoms with Crippen LogP contribution in [0.5, 0.6) is 0 Å². The fraction of sp³-hybridized carbons (Fsp3) is 0.435. The molecule has 0 radical (unpaired) electrons. The lowest BCUT2D eigenvalue weighted by Gasteiger charge is -2.17. The molecule has 4 rings (SSSR count). The Morgan fingerprint density at radius 2 is 2.17 bits per heavy atom. The van der Waals surface area contributed by atoms with Gasteiger partial charge in [-0.25, -0.2) is 4.98 Å². The van der Waals surface area contributed by atoms with Crippen LogP contribution in [-0.2, 0) is 24.2 Å². The normalized spacial score (nSPS) is 17.1. The van der Waals surface area contributed by atoms with Crippen LogP contribution in [0.25, 0.3) is 10.2 Å². The molecule has 1 amide bonds. The number of thiophene rings is 1. The summed E-state index contributed by atoms with van der Waals surface area (Å²) in [4.78, 5) is 32.4. The number of para-hydroxylation sites is 1. The summed E-state index contributed by atoms with van der Waals surface area (Å²) >= 11 is 1.63. The first kappa shape index (κ1) is 19.8. The number of hydrogen-bond acceptors (Lipinski definition) is 4. The lowest BCUT2D eigenvalue weighted by Crippen LogP contribution is -2.28. The highest BCUT2D eigenvalue weighted by molar-refractivity contribution is 7.18. The number of aryl methyl sites for hydroxylation is 1. The van der Waals surface area contributed by atoms with Crippen LogP contribution in [-0.4, -0.2) is 15.5 Å². The minimum Gasteiger partial charge on any atom is -0.324 e. The van der Waals surface area contributed by atoms with Gasteiger partial charge in [-0.1, -0.05) is 39.0 Å². The maximum atomic E-state index is 13.1. The van der Waals surface area contributed by atoms with E-state index in [9.17, 15) is 9.59 Å². The van der Waals surface area contributed by atoms with E-state index in [1.165, 1.54) is 15.8 Å². The summed E-state index contributed by atoms with van der Waals surface area (Å²) in [5.74, 6) is 0.794. The number of fused-ring (bicyclic) bond motifs is 3. The Morgan fingerprint density at radius 3 is 2.97 bits per heavy atom. The van der Waals surface area contributed by atoms with Gasteiger partial charge in [0.1, 0.15) is 11.4 Å². The fourth-order valence-corrected chi connectivity index (χ4v) is 5.42. The van der Waals surface area contributed by atoms with Crippen molar-refractivity contribution in [2.24, 2.45) is 5.92 Å². The van der Waals surface area contributed by atoms with Crippen LogP contribution in [0.2, 0.25) is 0 Å². The Labute approximate surface area is 174 Å². The summed E-state index contributed by atoms with van der Waals surface area (Å²) in [5, 5.41) is 3.70. The van der Waals surface area contributed by atoms with Gasteiger partial charge in [-0.3, -0.25) is 14.2 Å². The molecule has 1 aromatic carbocycles. The number of hydrogen-bond donors (Lipinski definition) is 1. The molecule has 0 bridgehead atoms. The summed E-state index contributed by atoms with van der Waals surface area (Å²) < 4.78 is 1.44. The van der Waals surface area contributed by atoms with E-state index < -0.39 is 0 Å². The zero-order valence-corrected chi connectivity index (χ0v) is 18.0. The van der Waals surface area contributed by atoms with Gasteiger partial charge in [-0.15, -0.1) is 11.3 Å². The number of anilines is 1. The second kappa shape index (κ2) is 8.11. The number of rotatable bonds is 5. The maximum absolute atomic E-state index is 13.1. The number of benzene rings is 1. The third-order valence-corrected chi connectivity index (χ3v) is 7.14. The van der Waals surface area contributed by atoms with Crippen LogP contribution in [0.1, 0.15) is 55.5 Å². The largest absolute Gasteiger partial charge is 0.324 e. The van der Waals surface area contributed by atoms with Gasteiger partial charge >= 0.3 is 0 Å². The first-order valence-electron chi connectivity index (χ1n) is 10.4. The molecule has 2 heterocycles. The van der Waals surface area contributed by atoms with E-state index in [2.05, 4.69) is 31.1 Å². The Bertz CT molecular complexity index is 1110. The Hall–Kier alpha value is -2.47. The van der Waals surface area contributed by atoms with Crippen molar-refractivity contribution >= 4 is 33.1 Å². The molecule has 0 fully saturated rings. The average Bonchev–Trinajstić information content (AvgIpc) is 3.08. The predicted molar refractivity (Wildman–Crippen MR) is 119 cm³/mol. The molecule has 0 unspecified atom stereocenters. The Balaban J connectivity index is 1.60. The van der Waals surface area contributed by atoms with Gasteiger partial charge in [0.15, 0.2) is 0 Å². The average molecular weight is 410 g/mol. The van der Waals surface area contributed by atoms with Crippen LogP contribution in [0.4, 0.5) is 5.69 Å². The molecular formula is C23H27N3O2S. The van der Waals surface area contributed by atoms with Crippen LogP contribution >= 0.6 is 11.3 Å². The summed E-state index contributed by atoms with van der Waals surface area (Å²) in [7, 11) is 0. The van der Waals surface area contributed by atoms with E-state index in [1.807, 2.05) is 24.3 Å². The standard InChI is InChI=1S/C23H27N3O2S/c1-4-15(3)16-7-5-6-8-18(16)25-20(27)12-26-13-24-22-21(23(26)28)17-10-9-14(2)11-19(17)29-22/h5-8,13-15H,4,9-12H2,1-3H3,(H,25,27)/t14-,15-/m0/s1. The van der Waals surface area contributed by atoms with Crippen LogP contribution in [0.15, 0.2) is 35.4 Å².